The fourth-order valence-electron chi connectivity index (χ4n) is 1.93. The van der Waals surface area contributed by atoms with Crippen molar-refractivity contribution in [3.8, 4) is 5.75 Å². The number of aryl methyl sites for hydroxylation is 1. The van der Waals surface area contributed by atoms with Crippen molar-refractivity contribution in [3.05, 3.63) is 23.8 Å². The molecule has 0 bridgehead atoms. The topological polar surface area (TPSA) is 73.6 Å². The maximum absolute atomic E-state index is 11.7. The summed E-state index contributed by atoms with van der Waals surface area (Å²) in [5, 5.41) is 2.87. The zero-order valence-electron chi connectivity index (χ0n) is 13.9. The van der Waals surface area contributed by atoms with Crippen molar-refractivity contribution in [1.82, 2.24) is 5.32 Å². The molecule has 1 rings (SSSR count). The maximum atomic E-state index is 11.7. The van der Waals surface area contributed by atoms with Gasteiger partial charge in [0.1, 0.15) is 5.75 Å². The third kappa shape index (κ3) is 7.31. The summed E-state index contributed by atoms with van der Waals surface area (Å²) in [7, 11) is 1.65. The Kier molecular flexibility index (Phi) is 8.36. The van der Waals surface area contributed by atoms with Gasteiger partial charge in [0.05, 0.1) is 12.3 Å². The summed E-state index contributed by atoms with van der Waals surface area (Å²) in [5.74, 6) is 1.22. The minimum Gasteiger partial charge on any atom is -0.491 e. The molecule has 0 heterocycles. The number of carbonyl (C=O) groups excluding carboxylic acids is 1. The first-order valence-corrected chi connectivity index (χ1v) is 7.79. The van der Waals surface area contributed by atoms with Gasteiger partial charge in [-0.15, -0.1) is 0 Å². The number of anilines is 1. The number of carbonyl (C=O) groups is 1. The van der Waals surface area contributed by atoms with E-state index < -0.39 is 0 Å². The summed E-state index contributed by atoms with van der Waals surface area (Å²) < 4.78 is 10.6. The number of benzene rings is 1. The molecule has 22 heavy (non-hydrogen) atoms. The van der Waals surface area contributed by atoms with Gasteiger partial charge in [-0.25, -0.2) is 0 Å². The van der Waals surface area contributed by atoms with Gasteiger partial charge in [0, 0.05) is 26.7 Å². The van der Waals surface area contributed by atoms with E-state index in [2.05, 4.69) is 19.2 Å². The van der Waals surface area contributed by atoms with E-state index >= 15 is 0 Å². The molecule has 0 spiro atoms. The van der Waals surface area contributed by atoms with Gasteiger partial charge in [0.25, 0.3) is 0 Å². The van der Waals surface area contributed by atoms with Crippen LogP contribution in [0.5, 0.6) is 5.75 Å². The minimum absolute atomic E-state index is 0.0507. The van der Waals surface area contributed by atoms with E-state index in [4.69, 9.17) is 15.2 Å². The molecule has 1 amide bonds. The van der Waals surface area contributed by atoms with Crippen LogP contribution in [0.3, 0.4) is 0 Å². The molecule has 0 saturated carbocycles. The first kappa shape index (κ1) is 18.3. The van der Waals surface area contributed by atoms with Crippen LogP contribution in [0.15, 0.2) is 18.2 Å². The molecular weight excluding hydrogens is 280 g/mol. The first-order chi connectivity index (χ1) is 10.5. The predicted octanol–water partition coefficient (Wildman–Crippen LogP) is 2.39. The summed E-state index contributed by atoms with van der Waals surface area (Å²) in [6.45, 7) is 6.14. The summed E-state index contributed by atoms with van der Waals surface area (Å²) in [5.41, 5.74) is 7.65. The van der Waals surface area contributed by atoms with Gasteiger partial charge in [-0.3, -0.25) is 4.79 Å². The SMILES string of the molecule is COCCCNC(=O)CCc1ccc(OCC(C)C)c(N)c1. The lowest BCUT2D eigenvalue weighted by atomic mass is 10.1. The van der Waals surface area contributed by atoms with E-state index in [9.17, 15) is 4.79 Å². The van der Waals surface area contributed by atoms with E-state index in [0.29, 0.717) is 50.0 Å². The molecule has 124 valence electrons. The fourth-order valence-corrected chi connectivity index (χ4v) is 1.93. The minimum atomic E-state index is 0.0507. The molecule has 0 saturated heterocycles. The lowest BCUT2D eigenvalue weighted by Crippen LogP contribution is -2.25. The van der Waals surface area contributed by atoms with Gasteiger partial charge in [-0.1, -0.05) is 19.9 Å². The van der Waals surface area contributed by atoms with Crippen LogP contribution in [-0.2, 0) is 16.0 Å². The second kappa shape index (κ2) is 10.1. The Morgan fingerprint density at radius 1 is 1.36 bits per heavy atom. The Labute approximate surface area is 133 Å². The molecule has 5 nitrogen and oxygen atoms in total. The summed E-state index contributed by atoms with van der Waals surface area (Å²) in [6, 6.07) is 5.72. The Bertz CT molecular complexity index is 461. The first-order valence-electron chi connectivity index (χ1n) is 7.79. The third-order valence-electron chi connectivity index (χ3n) is 3.13. The molecule has 0 aliphatic rings. The Hall–Kier alpha value is -1.75. The van der Waals surface area contributed by atoms with E-state index in [-0.39, 0.29) is 5.91 Å². The lowest BCUT2D eigenvalue weighted by Gasteiger charge is -2.12. The quantitative estimate of drug-likeness (QED) is 0.514. The molecule has 3 N–H and O–H groups in total. The van der Waals surface area contributed by atoms with Crippen molar-refractivity contribution >= 4 is 11.6 Å². The van der Waals surface area contributed by atoms with Gasteiger partial charge in [0.15, 0.2) is 0 Å². The van der Waals surface area contributed by atoms with E-state index in [1.54, 1.807) is 7.11 Å². The largest absolute Gasteiger partial charge is 0.491 e. The second-order valence-corrected chi connectivity index (χ2v) is 5.77. The molecule has 0 aromatic heterocycles. The highest BCUT2D eigenvalue weighted by atomic mass is 16.5. The Morgan fingerprint density at radius 2 is 2.14 bits per heavy atom. The van der Waals surface area contributed by atoms with Crippen molar-refractivity contribution in [2.45, 2.75) is 33.1 Å². The van der Waals surface area contributed by atoms with Crippen LogP contribution in [0.2, 0.25) is 0 Å². The maximum Gasteiger partial charge on any atom is 0.220 e. The number of hydrogen-bond acceptors (Lipinski definition) is 4. The average Bonchev–Trinajstić information content (AvgIpc) is 2.48. The van der Waals surface area contributed by atoms with Crippen molar-refractivity contribution in [1.29, 1.82) is 0 Å². The highest BCUT2D eigenvalue weighted by molar-refractivity contribution is 5.76. The molecule has 0 aliphatic carbocycles. The number of nitrogens with one attached hydrogen (secondary N) is 1. The average molecular weight is 308 g/mol. The van der Waals surface area contributed by atoms with Gasteiger partial charge in [-0.2, -0.15) is 0 Å². The number of amides is 1. The number of nitrogen functional groups attached to an aromatic ring is 1. The predicted molar refractivity (Wildman–Crippen MR) is 89.0 cm³/mol. The molecule has 0 radical (unpaired) electrons. The molecule has 0 unspecified atom stereocenters. The number of hydrogen-bond donors (Lipinski definition) is 2. The lowest BCUT2D eigenvalue weighted by molar-refractivity contribution is -0.121. The van der Waals surface area contributed by atoms with Crippen molar-refractivity contribution in [3.63, 3.8) is 0 Å². The van der Waals surface area contributed by atoms with Gasteiger partial charge in [0.2, 0.25) is 5.91 Å². The molecule has 5 heteroatoms. The number of rotatable bonds is 10. The molecule has 0 aliphatic heterocycles. The van der Waals surface area contributed by atoms with Crippen LogP contribution >= 0.6 is 0 Å². The number of nitrogens with two attached hydrogens (primary N) is 1. The number of methoxy groups -OCH3 is 1. The van der Waals surface area contributed by atoms with Crippen LogP contribution < -0.4 is 15.8 Å². The molecule has 1 aromatic rings. The smallest absolute Gasteiger partial charge is 0.220 e. The molecule has 0 fully saturated rings. The molecular formula is C17H28N2O3. The monoisotopic (exact) mass is 308 g/mol. The van der Waals surface area contributed by atoms with Crippen LogP contribution in [0.4, 0.5) is 5.69 Å². The Morgan fingerprint density at radius 3 is 2.77 bits per heavy atom. The Balaban J connectivity index is 2.37. The zero-order chi connectivity index (χ0) is 16.4. The van der Waals surface area contributed by atoms with Gasteiger partial charge < -0.3 is 20.5 Å². The summed E-state index contributed by atoms with van der Waals surface area (Å²) >= 11 is 0. The van der Waals surface area contributed by atoms with Gasteiger partial charge in [-0.05, 0) is 36.5 Å². The van der Waals surface area contributed by atoms with E-state index in [1.165, 1.54) is 0 Å². The van der Waals surface area contributed by atoms with Crippen LogP contribution in [-0.4, -0.2) is 32.8 Å². The fraction of sp³-hybridized carbons (Fsp3) is 0.588. The van der Waals surface area contributed by atoms with Gasteiger partial charge >= 0.3 is 0 Å². The highest BCUT2D eigenvalue weighted by Crippen LogP contribution is 2.23. The van der Waals surface area contributed by atoms with Crippen LogP contribution in [0, 0.1) is 5.92 Å². The van der Waals surface area contributed by atoms with Crippen molar-refractivity contribution in [2.24, 2.45) is 5.92 Å². The molecule has 0 atom stereocenters. The summed E-state index contributed by atoms with van der Waals surface area (Å²) in [6.07, 6.45) is 1.96. The third-order valence-corrected chi connectivity index (χ3v) is 3.13. The number of ether oxygens (including phenoxy) is 2. The van der Waals surface area contributed by atoms with E-state index in [0.717, 1.165) is 12.0 Å². The standard InChI is InChI=1S/C17H28N2O3/c1-13(2)12-22-16-7-5-14(11-15(16)18)6-8-17(20)19-9-4-10-21-3/h5,7,11,13H,4,6,8-10,12,18H2,1-3H3,(H,19,20). The highest BCUT2D eigenvalue weighted by Gasteiger charge is 2.06. The van der Waals surface area contributed by atoms with Crippen molar-refractivity contribution < 1.29 is 14.3 Å². The van der Waals surface area contributed by atoms with Crippen LogP contribution in [0.25, 0.3) is 0 Å². The zero-order valence-corrected chi connectivity index (χ0v) is 13.9. The van der Waals surface area contributed by atoms with Crippen LogP contribution in [0.1, 0.15) is 32.3 Å². The van der Waals surface area contributed by atoms with Crippen molar-refractivity contribution in [2.75, 3.05) is 32.6 Å². The normalized spacial score (nSPS) is 10.7. The molecule has 1 aromatic carbocycles. The van der Waals surface area contributed by atoms with E-state index in [1.807, 2.05) is 18.2 Å². The summed E-state index contributed by atoms with van der Waals surface area (Å²) in [4.78, 5) is 11.7. The second-order valence-electron chi connectivity index (χ2n) is 5.77.